The number of aliphatic carboxylic acids is 1. The number of benzene rings is 2. The summed E-state index contributed by atoms with van der Waals surface area (Å²) in [7, 11) is 2.53. The van der Waals surface area contributed by atoms with Gasteiger partial charge in [0.2, 0.25) is 0 Å². The predicted octanol–water partition coefficient (Wildman–Crippen LogP) is 2.43. The van der Waals surface area contributed by atoms with Crippen molar-refractivity contribution in [3.8, 4) is 0 Å². The van der Waals surface area contributed by atoms with Crippen molar-refractivity contribution in [2.24, 2.45) is 0 Å². The molecule has 0 radical (unpaired) electrons. The Morgan fingerprint density at radius 2 is 1.83 bits per heavy atom. The number of carbonyl (C=O) groups is 2. The van der Waals surface area contributed by atoms with E-state index in [4.69, 9.17) is 10.8 Å². The van der Waals surface area contributed by atoms with E-state index in [0.29, 0.717) is 29.8 Å². The molecule has 1 amide bonds. The third-order valence-electron chi connectivity index (χ3n) is 3.39. The van der Waals surface area contributed by atoms with Crippen LogP contribution in [-0.4, -0.2) is 17.0 Å². The SMILES string of the molecule is Nc1ccc(P)cc1C(=O)Nc1ccc(CCCC(=O)O)cc1. The zero-order chi connectivity index (χ0) is 16.8. The van der Waals surface area contributed by atoms with Crippen LogP contribution in [0.1, 0.15) is 28.8 Å². The summed E-state index contributed by atoms with van der Waals surface area (Å²) in [4.78, 5) is 22.7. The van der Waals surface area contributed by atoms with Gasteiger partial charge in [0.25, 0.3) is 5.91 Å². The van der Waals surface area contributed by atoms with Gasteiger partial charge in [-0.1, -0.05) is 18.2 Å². The Morgan fingerprint density at radius 1 is 1.13 bits per heavy atom. The third-order valence-corrected chi connectivity index (χ3v) is 3.75. The molecule has 0 heterocycles. The molecule has 1 atom stereocenters. The summed E-state index contributed by atoms with van der Waals surface area (Å²) in [6.45, 7) is 0. The fourth-order valence-corrected chi connectivity index (χ4v) is 2.43. The van der Waals surface area contributed by atoms with Crippen molar-refractivity contribution in [2.75, 3.05) is 11.1 Å². The topological polar surface area (TPSA) is 92.4 Å². The van der Waals surface area contributed by atoms with Gasteiger partial charge in [-0.05, 0) is 48.0 Å². The quantitative estimate of drug-likeness (QED) is 0.560. The minimum Gasteiger partial charge on any atom is -0.481 e. The molecule has 0 aliphatic rings. The maximum Gasteiger partial charge on any atom is 0.303 e. The molecule has 2 aromatic carbocycles. The Hall–Kier alpha value is -2.39. The standard InChI is InChI=1S/C17H19N2O3P/c18-15-9-8-13(23)10-14(15)17(22)19-12-6-4-11(5-7-12)2-1-3-16(20)21/h4-10H,1-3,18,23H2,(H,19,22)(H,20,21). The molecule has 0 saturated heterocycles. The zero-order valence-electron chi connectivity index (χ0n) is 12.6. The molecule has 120 valence electrons. The number of carboxylic acid groups (broad SMARTS) is 1. The highest BCUT2D eigenvalue weighted by molar-refractivity contribution is 7.27. The Balaban J connectivity index is 1.99. The first-order valence-corrected chi connectivity index (χ1v) is 7.80. The third kappa shape index (κ3) is 5.08. The van der Waals surface area contributed by atoms with Crippen molar-refractivity contribution in [3.63, 3.8) is 0 Å². The van der Waals surface area contributed by atoms with E-state index < -0.39 is 5.97 Å². The Morgan fingerprint density at radius 3 is 2.48 bits per heavy atom. The van der Waals surface area contributed by atoms with Gasteiger partial charge in [-0.3, -0.25) is 9.59 Å². The first kappa shape index (κ1) is 17.0. The molecule has 5 nitrogen and oxygen atoms in total. The summed E-state index contributed by atoms with van der Waals surface area (Å²) in [5, 5.41) is 12.3. The summed E-state index contributed by atoms with van der Waals surface area (Å²) in [6, 6.07) is 12.6. The molecule has 2 rings (SSSR count). The van der Waals surface area contributed by atoms with Gasteiger partial charge >= 0.3 is 5.97 Å². The lowest BCUT2D eigenvalue weighted by Gasteiger charge is -2.09. The van der Waals surface area contributed by atoms with E-state index >= 15 is 0 Å². The molecule has 0 aliphatic carbocycles. The van der Waals surface area contributed by atoms with Gasteiger partial charge in [-0.15, -0.1) is 9.24 Å². The summed E-state index contributed by atoms with van der Waals surface area (Å²) in [5.74, 6) is -1.05. The van der Waals surface area contributed by atoms with Crippen molar-refractivity contribution in [1.29, 1.82) is 0 Å². The molecular formula is C17H19N2O3P. The van der Waals surface area contributed by atoms with Crippen LogP contribution in [0.2, 0.25) is 0 Å². The lowest BCUT2D eigenvalue weighted by atomic mass is 10.1. The van der Waals surface area contributed by atoms with Crippen LogP contribution in [-0.2, 0) is 11.2 Å². The van der Waals surface area contributed by atoms with Crippen molar-refractivity contribution in [2.45, 2.75) is 19.3 Å². The van der Waals surface area contributed by atoms with Crippen LogP contribution in [0.25, 0.3) is 0 Å². The zero-order valence-corrected chi connectivity index (χ0v) is 13.7. The van der Waals surface area contributed by atoms with Crippen LogP contribution in [0.15, 0.2) is 42.5 Å². The fourth-order valence-electron chi connectivity index (χ4n) is 2.17. The highest BCUT2D eigenvalue weighted by atomic mass is 31.0. The molecule has 6 heteroatoms. The van der Waals surface area contributed by atoms with E-state index in [-0.39, 0.29) is 12.3 Å². The molecule has 0 fully saturated rings. The monoisotopic (exact) mass is 330 g/mol. The van der Waals surface area contributed by atoms with E-state index in [0.717, 1.165) is 10.9 Å². The van der Waals surface area contributed by atoms with Gasteiger partial charge in [0, 0.05) is 17.8 Å². The molecule has 0 spiro atoms. The number of hydrogen-bond donors (Lipinski definition) is 3. The number of nitrogens with two attached hydrogens (primary N) is 1. The lowest BCUT2D eigenvalue weighted by molar-refractivity contribution is -0.137. The van der Waals surface area contributed by atoms with Gasteiger partial charge in [-0.25, -0.2) is 0 Å². The molecular weight excluding hydrogens is 311 g/mol. The Labute approximate surface area is 137 Å². The number of carbonyl (C=O) groups excluding carboxylic acids is 1. The second kappa shape index (κ2) is 7.75. The molecule has 4 N–H and O–H groups in total. The molecule has 1 unspecified atom stereocenters. The minimum absolute atomic E-state index is 0.156. The number of amides is 1. The van der Waals surface area contributed by atoms with Gasteiger partial charge in [-0.2, -0.15) is 0 Å². The van der Waals surface area contributed by atoms with E-state index in [1.54, 1.807) is 24.3 Å². The van der Waals surface area contributed by atoms with Crippen molar-refractivity contribution >= 4 is 37.8 Å². The number of rotatable bonds is 6. The van der Waals surface area contributed by atoms with Crippen LogP contribution >= 0.6 is 9.24 Å². The maximum absolute atomic E-state index is 12.3. The van der Waals surface area contributed by atoms with Gasteiger partial charge in [0.1, 0.15) is 0 Å². The minimum atomic E-state index is -0.789. The number of hydrogen-bond acceptors (Lipinski definition) is 3. The number of aryl methyl sites for hydroxylation is 1. The second-order valence-electron chi connectivity index (χ2n) is 5.25. The highest BCUT2D eigenvalue weighted by Gasteiger charge is 2.10. The molecule has 0 aliphatic heterocycles. The molecule has 2 aromatic rings. The van der Waals surface area contributed by atoms with Crippen LogP contribution in [0, 0.1) is 0 Å². The smallest absolute Gasteiger partial charge is 0.303 e. The Bertz CT molecular complexity index is 714. The normalized spacial score (nSPS) is 10.3. The number of nitrogen functional groups attached to an aromatic ring is 1. The predicted molar refractivity (Wildman–Crippen MR) is 95.2 cm³/mol. The molecule has 23 heavy (non-hydrogen) atoms. The van der Waals surface area contributed by atoms with E-state index in [9.17, 15) is 9.59 Å². The van der Waals surface area contributed by atoms with E-state index in [1.165, 1.54) is 0 Å². The van der Waals surface area contributed by atoms with Gasteiger partial charge < -0.3 is 16.2 Å². The van der Waals surface area contributed by atoms with Crippen molar-refractivity contribution in [1.82, 2.24) is 0 Å². The van der Waals surface area contributed by atoms with E-state index in [2.05, 4.69) is 14.6 Å². The van der Waals surface area contributed by atoms with Crippen LogP contribution < -0.4 is 16.4 Å². The summed E-state index contributed by atoms with van der Waals surface area (Å²) >= 11 is 0. The summed E-state index contributed by atoms with van der Waals surface area (Å²) in [6.07, 6.45) is 1.45. The average molecular weight is 330 g/mol. The van der Waals surface area contributed by atoms with Crippen molar-refractivity contribution < 1.29 is 14.7 Å². The van der Waals surface area contributed by atoms with Crippen LogP contribution in [0.3, 0.4) is 0 Å². The van der Waals surface area contributed by atoms with Crippen LogP contribution in [0.4, 0.5) is 11.4 Å². The molecule has 0 saturated carbocycles. The largest absolute Gasteiger partial charge is 0.481 e. The highest BCUT2D eigenvalue weighted by Crippen LogP contribution is 2.16. The molecule has 0 aromatic heterocycles. The van der Waals surface area contributed by atoms with E-state index in [1.807, 2.05) is 18.2 Å². The van der Waals surface area contributed by atoms with Crippen LogP contribution in [0.5, 0.6) is 0 Å². The fraction of sp³-hybridized carbons (Fsp3) is 0.176. The maximum atomic E-state index is 12.3. The summed E-state index contributed by atoms with van der Waals surface area (Å²) in [5.41, 5.74) is 8.40. The lowest BCUT2D eigenvalue weighted by Crippen LogP contribution is -2.15. The number of carboxylic acids is 1. The second-order valence-corrected chi connectivity index (χ2v) is 5.91. The van der Waals surface area contributed by atoms with Gasteiger partial charge in [0.05, 0.1) is 5.56 Å². The number of anilines is 2. The number of nitrogens with one attached hydrogen (secondary N) is 1. The van der Waals surface area contributed by atoms with Crippen molar-refractivity contribution in [3.05, 3.63) is 53.6 Å². The first-order valence-electron chi connectivity index (χ1n) is 7.23. The Kier molecular flexibility index (Phi) is 5.72. The summed E-state index contributed by atoms with van der Waals surface area (Å²) < 4.78 is 0. The molecule has 0 bridgehead atoms. The average Bonchev–Trinajstić information content (AvgIpc) is 2.51. The van der Waals surface area contributed by atoms with Gasteiger partial charge in [0.15, 0.2) is 0 Å². The first-order chi connectivity index (χ1) is 11.0.